The van der Waals surface area contributed by atoms with E-state index in [4.69, 9.17) is 9.47 Å². The zero-order chi connectivity index (χ0) is 30.4. The smallest absolute Gasteiger partial charge is 0.323 e. The number of unbranched alkanes of at least 4 members (excludes halogenated alkanes) is 1. The quantitative estimate of drug-likeness (QED) is 0.183. The van der Waals surface area contributed by atoms with Gasteiger partial charge in [0.15, 0.2) is 4.90 Å². The number of methoxy groups -OCH3 is 2. The Morgan fingerprint density at radius 2 is 1.45 bits per heavy atom. The van der Waals surface area contributed by atoms with Crippen LogP contribution in [0.25, 0.3) is 11.1 Å². The Hall–Kier alpha value is -4.84. The van der Waals surface area contributed by atoms with Crippen molar-refractivity contribution in [3.05, 3.63) is 88.6 Å². The van der Waals surface area contributed by atoms with Crippen molar-refractivity contribution in [2.45, 2.75) is 36.0 Å². The van der Waals surface area contributed by atoms with Crippen molar-refractivity contribution in [2.75, 3.05) is 24.9 Å². The van der Waals surface area contributed by atoms with E-state index in [1.807, 2.05) is 6.92 Å². The molecular weight excluding hydrogens is 565 g/mol. The molecule has 10 nitrogen and oxygen atoms in total. The highest BCUT2D eigenvalue weighted by molar-refractivity contribution is 7.91. The highest BCUT2D eigenvalue weighted by Crippen LogP contribution is 2.46. The van der Waals surface area contributed by atoms with E-state index in [-0.39, 0.29) is 16.1 Å². The number of sulfone groups is 1. The van der Waals surface area contributed by atoms with Crippen LogP contribution in [0.15, 0.2) is 81.3 Å². The number of rotatable bonds is 10. The molecule has 4 aromatic rings. The van der Waals surface area contributed by atoms with Crippen molar-refractivity contribution >= 4 is 27.2 Å². The van der Waals surface area contributed by atoms with Gasteiger partial charge in [0.25, 0.3) is 5.56 Å². The van der Waals surface area contributed by atoms with Gasteiger partial charge < -0.3 is 30.2 Å². The number of H-pyrrole nitrogens is 1. The van der Waals surface area contributed by atoms with Crippen LogP contribution in [0, 0.1) is 5.82 Å². The lowest BCUT2D eigenvalue weighted by molar-refractivity contribution is 0.262. The van der Waals surface area contributed by atoms with E-state index in [0.717, 1.165) is 6.42 Å². The summed E-state index contributed by atoms with van der Waals surface area (Å²) >= 11 is 0. The number of benzene rings is 3. The molecule has 0 aliphatic heterocycles. The summed E-state index contributed by atoms with van der Waals surface area (Å²) in [6.45, 7) is 1.96. The van der Waals surface area contributed by atoms with Crippen LogP contribution in [0.4, 0.5) is 20.6 Å². The Kier molecular flexibility index (Phi) is 9.16. The lowest BCUT2D eigenvalue weighted by Crippen LogP contribution is -2.21. The SMILES string of the molecule is CCCCc1[nH]c(=O)c(S(=O)(=O)c2ccc(NC(=O)Nc3ccc(F)cc3)cc2)c(O)c1-c1c(OC)cccc1OC. The van der Waals surface area contributed by atoms with Crippen LogP contribution in [0.1, 0.15) is 25.5 Å². The van der Waals surface area contributed by atoms with Gasteiger partial charge in [-0.05, 0) is 73.5 Å². The van der Waals surface area contributed by atoms with Gasteiger partial charge in [-0.3, -0.25) is 4.79 Å². The molecule has 0 aliphatic carbocycles. The molecule has 0 bridgehead atoms. The van der Waals surface area contributed by atoms with E-state index < -0.39 is 37.9 Å². The number of pyridine rings is 1. The number of carbonyl (C=O) groups is 1. The van der Waals surface area contributed by atoms with Crippen molar-refractivity contribution in [3.8, 4) is 28.4 Å². The molecule has 0 fully saturated rings. The molecule has 0 spiro atoms. The zero-order valence-corrected chi connectivity index (χ0v) is 24.0. The number of aryl methyl sites for hydroxylation is 1. The van der Waals surface area contributed by atoms with Crippen LogP contribution in [0.5, 0.6) is 17.2 Å². The lowest BCUT2D eigenvalue weighted by Gasteiger charge is -2.19. The summed E-state index contributed by atoms with van der Waals surface area (Å²) in [5.74, 6) is -0.555. The third kappa shape index (κ3) is 6.23. The maximum absolute atomic E-state index is 13.7. The molecule has 1 heterocycles. The molecule has 0 saturated carbocycles. The van der Waals surface area contributed by atoms with E-state index in [1.165, 1.54) is 62.8 Å². The molecule has 0 unspecified atom stereocenters. The molecule has 4 rings (SSSR count). The maximum Gasteiger partial charge on any atom is 0.323 e. The van der Waals surface area contributed by atoms with E-state index in [9.17, 15) is 27.5 Å². The monoisotopic (exact) mass is 595 g/mol. The number of urea groups is 1. The minimum atomic E-state index is -4.54. The summed E-state index contributed by atoms with van der Waals surface area (Å²) < 4.78 is 51.5. The Labute approximate surface area is 242 Å². The van der Waals surface area contributed by atoms with Crippen molar-refractivity contribution in [1.29, 1.82) is 0 Å². The van der Waals surface area contributed by atoms with Gasteiger partial charge in [-0.1, -0.05) is 19.4 Å². The van der Waals surface area contributed by atoms with Gasteiger partial charge in [0, 0.05) is 17.1 Å². The number of halogens is 1. The Balaban J connectivity index is 1.74. The van der Waals surface area contributed by atoms with Crippen LogP contribution >= 0.6 is 0 Å². The van der Waals surface area contributed by atoms with Crippen LogP contribution < -0.4 is 25.7 Å². The molecule has 3 aromatic carbocycles. The molecule has 12 heteroatoms. The number of anilines is 2. The number of nitrogens with one attached hydrogen (secondary N) is 3. The maximum atomic E-state index is 13.7. The lowest BCUT2D eigenvalue weighted by atomic mass is 9.98. The number of hydrogen-bond donors (Lipinski definition) is 4. The summed E-state index contributed by atoms with van der Waals surface area (Å²) in [6, 6.07) is 14.6. The summed E-state index contributed by atoms with van der Waals surface area (Å²) in [5, 5.41) is 16.5. The average molecular weight is 596 g/mol. The largest absolute Gasteiger partial charge is 0.506 e. The summed E-state index contributed by atoms with van der Waals surface area (Å²) in [6.07, 6.45) is 1.80. The molecule has 0 radical (unpaired) electrons. The first-order valence-corrected chi connectivity index (χ1v) is 14.5. The van der Waals surface area contributed by atoms with Crippen molar-refractivity contribution < 1.29 is 32.2 Å². The van der Waals surface area contributed by atoms with Gasteiger partial charge in [0.1, 0.15) is 23.1 Å². The van der Waals surface area contributed by atoms with Crippen molar-refractivity contribution in [1.82, 2.24) is 4.98 Å². The Morgan fingerprint density at radius 1 is 0.905 bits per heavy atom. The van der Waals surface area contributed by atoms with Crippen LogP contribution in [-0.2, 0) is 16.3 Å². The van der Waals surface area contributed by atoms with E-state index in [2.05, 4.69) is 15.6 Å². The summed E-state index contributed by atoms with van der Waals surface area (Å²) in [7, 11) is -1.68. The number of aromatic nitrogens is 1. The van der Waals surface area contributed by atoms with Crippen molar-refractivity contribution in [3.63, 3.8) is 0 Å². The van der Waals surface area contributed by atoms with Gasteiger partial charge in [0.2, 0.25) is 9.84 Å². The second-order valence-electron chi connectivity index (χ2n) is 9.24. The number of hydrogen-bond acceptors (Lipinski definition) is 7. The fraction of sp³-hybridized carbons (Fsp3) is 0.200. The number of amides is 2. The minimum Gasteiger partial charge on any atom is -0.506 e. The minimum absolute atomic E-state index is 0.0895. The van der Waals surface area contributed by atoms with E-state index >= 15 is 0 Å². The van der Waals surface area contributed by atoms with Crippen LogP contribution in [0.3, 0.4) is 0 Å². The molecule has 2 amide bonds. The number of aromatic hydroxyl groups is 1. The second-order valence-corrected chi connectivity index (χ2v) is 11.1. The first-order valence-electron chi connectivity index (χ1n) is 13.0. The molecule has 0 saturated heterocycles. The predicted octanol–water partition coefficient (Wildman–Crippen LogP) is 5.72. The van der Waals surface area contributed by atoms with E-state index in [0.29, 0.717) is 41.3 Å². The third-order valence-electron chi connectivity index (χ3n) is 6.48. The van der Waals surface area contributed by atoms with E-state index in [1.54, 1.807) is 18.2 Å². The summed E-state index contributed by atoms with van der Waals surface area (Å²) in [5.41, 5.74) is 0.357. The first kappa shape index (κ1) is 30.1. The normalized spacial score (nSPS) is 11.1. The number of aromatic amines is 1. The van der Waals surface area contributed by atoms with Crippen molar-refractivity contribution in [2.24, 2.45) is 0 Å². The molecule has 42 heavy (non-hydrogen) atoms. The predicted molar refractivity (Wildman–Crippen MR) is 157 cm³/mol. The van der Waals surface area contributed by atoms with Gasteiger partial charge >= 0.3 is 6.03 Å². The highest BCUT2D eigenvalue weighted by Gasteiger charge is 2.31. The number of carbonyl (C=O) groups excluding carboxylic acids is 1. The molecule has 220 valence electrons. The first-order chi connectivity index (χ1) is 20.1. The van der Waals surface area contributed by atoms with Crippen LogP contribution in [-0.4, -0.2) is 38.8 Å². The molecule has 0 aliphatic rings. The van der Waals surface area contributed by atoms with Gasteiger partial charge in [-0.2, -0.15) is 0 Å². The highest BCUT2D eigenvalue weighted by atomic mass is 32.2. The van der Waals surface area contributed by atoms with Gasteiger partial charge in [0.05, 0.1) is 30.2 Å². The standard InChI is InChI=1S/C30H30FN3O7S/c1-4-5-7-22-25(26-23(40-2)8-6-9-24(26)41-3)27(35)28(29(36)34-22)42(38,39)21-16-14-20(15-17-21)33-30(37)32-19-12-10-18(31)11-13-19/h6,8-17H,4-5,7H2,1-3H3,(H2,32,33,37)(H2,34,35,36). The topological polar surface area (TPSA) is 147 Å². The zero-order valence-electron chi connectivity index (χ0n) is 23.2. The average Bonchev–Trinajstić information content (AvgIpc) is 2.97. The van der Waals surface area contributed by atoms with Gasteiger partial charge in [-0.25, -0.2) is 17.6 Å². The fourth-order valence-electron chi connectivity index (χ4n) is 4.44. The second kappa shape index (κ2) is 12.8. The fourth-order valence-corrected chi connectivity index (χ4v) is 5.82. The summed E-state index contributed by atoms with van der Waals surface area (Å²) in [4.78, 5) is 27.1. The molecule has 1 aromatic heterocycles. The number of ether oxygens (including phenoxy) is 2. The molecule has 4 N–H and O–H groups in total. The van der Waals surface area contributed by atoms with Gasteiger partial charge in [-0.15, -0.1) is 0 Å². The molecule has 0 atom stereocenters. The Bertz CT molecular complexity index is 1730. The molecular formula is C30H30FN3O7S. The van der Waals surface area contributed by atoms with Crippen LogP contribution in [0.2, 0.25) is 0 Å². The Morgan fingerprint density at radius 3 is 1.98 bits per heavy atom. The third-order valence-corrected chi connectivity index (χ3v) is 8.28.